The second-order valence-electron chi connectivity index (χ2n) is 7.42. The number of aliphatic hydroxyl groups is 1. The minimum atomic E-state index is -4.65. The third-order valence-electron chi connectivity index (χ3n) is 5.40. The van der Waals surface area contributed by atoms with Crippen LogP contribution in [-0.4, -0.2) is 33.1 Å². The number of aromatic nitrogens is 2. The fraction of sp³-hybridized carbons (Fsp3) is 0.333. The van der Waals surface area contributed by atoms with Crippen molar-refractivity contribution in [3.8, 4) is 11.3 Å². The van der Waals surface area contributed by atoms with Gasteiger partial charge in [0.2, 0.25) is 0 Å². The molecule has 4 nitrogen and oxygen atoms in total. The van der Waals surface area contributed by atoms with Gasteiger partial charge in [-0.15, -0.1) is 10.2 Å². The fourth-order valence-corrected chi connectivity index (χ4v) is 3.98. The van der Waals surface area contributed by atoms with Crippen molar-refractivity contribution >= 4 is 28.2 Å². The Morgan fingerprint density at radius 1 is 1.03 bits per heavy atom. The van der Waals surface area contributed by atoms with E-state index in [0.717, 1.165) is 16.3 Å². The zero-order valence-corrected chi connectivity index (χ0v) is 16.1. The molecule has 0 unspecified atom stereocenters. The Bertz CT molecular complexity index is 1030. The molecule has 2 atom stereocenters. The van der Waals surface area contributed by atoms with E-state index in [-0.39, 0.29) is 12.8 Å². The first-order chi connectivity index (χ1) is 13.8. The van der Waals surface area contributed by atoms with Crippen LogP contribution in [0.15, 0.2) is 48.5 Å². The minimum absolute atomic E-state index is 0.280. The largest absolute Gasteiger partial charge is 0.417 e. The van der Waals surface area contributed by atoms with Gasteiger partial charge in [0, 0.05) is 33.8 Å². The molecule has 1 fully saturated rings. The highest BCUT2D eigenvalue weighted by molar-refractivity contribution is 6.30. The van der Waals surface area contributed by atoms with Crippen molar-refractivity contribution in [2.75, 3.05) is 5.32 Å². The van der Waals surface area contributed by atoms with Gasteiger partial charge in [-0.05, 0) is 31.4 Å². The molecule has 0 aliphatic heterocycles. The number of anilines is 1. The number of fused-ring (bicyclic) bond motifs is 1. The number of nitrogens with one attached hydrogen (secondary N) is 1. The van der Waals surface area contributed by atoms with Gasteiger partial charge in [0.1, 0.15) is 5.69 Å². The van der Waals surface area contributed by atoms with Gasteiger partial charge in [-0.1, -0.05) is 48.0 Å². The van der Waals surface area contributed by atoms with Gasteiger partial charge in [-0.3, -0.25) is 0 Å². The van der Waals surface area contributed by atoms with E-state index in [1.165, 1.54) is 0 Å². The summed E-state index contributed by atoms with van der Waals surface area (Å²) in [7, 11) is 0. The van der Waals surface area contributed by atoms with Gasteiger partial charge in [0.25, 0.3) is 0 Å². The molecule has 0 saturated heterocycles. The van der Waals surface area contributed by atoms with E-state index in [1.54, 1.807) is 12.1 Å². The van der Waals surface area contributed by atoms with Crippen molar-refractivity contribution in [3.63, 3.8) is 0 Å². The van der Waals surface area contributed by atoms with E-state index in [1.807, 2.05) is 36.4 Å². The maximum absolute atomic E-state index is 13.2. The zero-order chi connectivity index (χ0) is 20.6. The van der Waals surface area contributed by atoms with E-state index in [9.17, 15) is 18.3 Å². The van der Waals surface area contributed by atoms with Crippen LogP contribution >= 0.6 is 11.6 Å². The highest BCUT2D eigenvalue weighted by atomic mass is 35.5. The first-order valence-corrected chi connectivity index (χ1v) is 9.72. The lowest BCUT2D eigenvalue weighted by molar-refractivity contribution is -0.270. The van der Waals surface area contributed by atoms with Crippen molar-refractivity contribution < 1.29 is 18.3 Å². The van der Waals surface area contributed by atoms with E-state index in [2.05, 4.69) is 15.5 Å². The molecule has 1 aliphatic carbocycles. The second kappa shape index (κ2) is 7.46. The molecule has 1 aliphatic rings. The summed E-state index contributed by atoms with van der Waals surface area (Å²) in [5, 5.41) is 23.9. The lowest BCUT2D eigenvalue weighted by Crippen LogP contribution is -2.51. The van der Waals surface area contributed by atoms with Crippen LogP contribution < -0.4 is 5.32 Å². The van der Waals surface area contributed by atoms with Gasteiger partial charge in [-0.2, -0.15) is 13.2 Å². The predicted octanol–water partition coefficient (Wildman–Crippen LogP) is 5.60. The molecule has 1 saturated carbocycles. The summed E-state index contributed by atoms with van der Waals surface area (Å²) < 4.78 is 39.7. The van der Waals surface area contributed by atoms with Crippen molar-refractivity contribution in [2.45, 2.75) is 43.5 Å². The van der Waals surface area contributed by atoms with Crippen molar-refractivity contribution in [1.29, 1.82) is 0 Å². The molecule has 0 spiro atoms. The van der Waals surface area contributed by atoms with Crippen molar-refractivity contribution in [2.24, 2.45) is 0 Å². The molecule has 152 valence electrons. The smallest absolute Gasteiger partial charge is 0.380 e. The molecule has 1 heterocycles. The Kier molecular flexibility index (Phi) is 5.12. The van der Waals surface area contributed by atoms with Crippen LogP contribution in [0.4, 0.5) is 19.0 Å². The molecule has 2 aromatic carbocycles. The molecule has 0 radical (unpaired) electrons. The number of alkyl halides is 3. The first kappa shape index (κ1) is 19.9. The number of rotatable bonds is 3. The average molecular weight is 422 g/mol. The van der Waals surface area contributed by atoms with Crippen LogP contribution in [0.1, 0.15) is 25.7 Å². The van der Waals surface area contributed by atoms with Crippen LogP contribution in [0, 0.1) is 0 Å². The number of nitrogens with zero attached hydrogens (tertiary/aromatic N) is 2. The van der Waals surface area contributed by atoms with Gasteiger partial charge in [0.05, 0.1) is 0 Å². The summed E-state index contributed by atoms with van der Waals surface area (Å²) in [6.45, 7) is 0. The van der Waals surface area contributed by atoms with Gasteiger partial charge < -0.3 is 10.4 Å². The molecular weight excluding hydrogens is 403 g/mol. The highest BCUT2D eigenvalue weighted by Crippen LogP contribution is 2.42. The fourth-order valence-electron chi connectivity index (χ4n) is 3.86. The van der Waals surface area contributed by atoms with E-state index in [0.29, 0.717) is 23.0 Å². The summed E-state index contributed by atoms with van der Waals surface area (Å²) >= 11 is 5.96. The van der Waals surface area contributed by atoms with Crippen molar-refractivity contribution in [1.82, 2.24) is 10.2 Å². The number of hydrogen-bond acceptors (Lipinski definition) is 4. The molecule has 1 aromatic heterocycles. The molecule has 8 heteroatoms. The third kappa shape index (κ3) is 3.89. The lowest BCUT2D eigenvalue weighted by Gasteiger charge is -2.38. The molecule has 4 rings (SSSR count). The van der Waals surface area contributed by atoms with E-state index < -0.39 is 24.2 Å². The Hall–Kier alpha value is -2.38. The SMILES string of the molecule is O[C@]1(C(F)(F)F)CCC[C@@H](Nc2nnc(-c3ccc(Cl)cc3)c3ccccc23)C1. The molecule has 0 amide bonds. The maximum atomic E-state index is 13.2. The quantitative estimate of drug-likeness (QED) is 0.578. The summed E-state index contributed by atoms with van der Waals surface area (Å²) in [6.07, 6.45) is -4.54. The molecule has 0 bridgehead atoms. The highest BCUT2D eigenvalue weighted by Gasteiger charge is 2.55. The maximum Gasteiger partial charge on any atom is 0.417 e. The van der Waals surface area contributed by atoms with Gasteiger partial charge >= 0.3 is 6.18 Å². The van der Waals surface area contributed by atoms with Crippen molar-refractivity contribution in [3.05, 3.63) is 53.6 Å². The molecular formula is C21H19ClF3N3O. The van der Waals surface area contributed by atoms with Crippen LogP contribution in [-0.2, 0) is 0 Å². The van der Waals surface area contributed by atoms with Gasteiger partial charge in [-0.25, -0.2) is 0 Å². The Morgan fingerprint density at radius 2 is 1.72 bits per heavy atom. The lowest BCUT2D eigenvalue weighted by atomic mass is 9.81. The second-order valence-corrected chi connectivity index (χ2v) is 7.85. The normalized spacial score (nSPS) is 22.6. The Balaban J connectivity index is 1.67. The summed E-state index contributed by atoms with van der Waals surface area (Å²) in [5.74, 6) is 0.412. The molecule has 29 heavy (non-hydrogen) atoms. The topological polar surface area (TPSA) is 58.0 Å². The molecule has 3 aromatic rings. The summed E-state index contributed by atoms with van der Waals surface area (Å²) in [4.78, 5) is 0. The van der Waals surface area contributed by atoms with Gasteiger partial charge in [0.15, 0.2) is 11.4 Å². The van der Waals surface area contributed by atoms with Crippen LogP contribution in [0.2, 0.25) is 5.02 Å². The molecule has 2 N–H and O–H groups in total. The first-order valence-electron chi connectivity index (χ1n) is 9.34. The summed E-state index contributed by atoms with van der Waals surface area (Å²) in [5.41, 5.74) is -1.16. The number of hydrogen-bond donors (Lipinski definition) is 2. The monoisotopic (exact) mass is 421 g/mol. The van der Waals surface area contributed by atoms with E-state index >= 15 is 0 Å². The number of halogens is 4. The average Bonchev–Trinajstić information content (AvgIpc) is 2.68. The third-order valence-corrected chi connectivity index (χ3v) is 5.65. The predicted molar refractivity (Wildman–Crippen MR) is 107 cm³/mol. The van der Waals surface area contributed by atoms with Crippen LogP contribution in [0.25, 0.3) is 22.0 Å². The summed E-state index contributed by atoms with van der Waals surface area (Å²) in [6, 6.07) is 14.1. The number of benzene rings is 2. The Morgan fingerprint density at radius 3 is 2.41 bits per heavy atom. The Labute approximate surface area is 170 Å². The zero-order valence-electron chi connectivity index (χ0n) is 15.4. The van der Waals surface area contributed by atoms with Crippen LogP contribution in [0.3, 0.4) is 0 Å². The standard InChI is InChI=1S/C21H19ClF3N3O/c22-14-9-7-13(8-10-14)18-16-5-1-2-6-17(16)19(28-27-18)26-15-4-3-11-20(29,12-15)21(23,24)25/h1-2,5-10,15,29H,3-4,11-12H2,(H,26,28)/t15-,20-/m1/s1. The van der Waals surface area contributed by atoms with E-state index in [4.69, 9.17) is 11.6 Å². The van der Waals surface area contributed by atoms with Crippen LogP contribution in [0.5, 0.6) is 0 Å². The minimum Gasteiger partial charge on any atom is -0.380 e.